The van der Waals surface area contributed by atoms with E-state index in [1.165, 1.54) is 7.11 Å². The molecule has 7 heteroatoms. The van der Waals surface area contributed by atoms with Crippen LogP contribution in [0, 0.1) is 5.92 Å². The van der Waals surface area contributed by atoms with Crippen LogP contribution in [-0.4, -0.2) is 37.7 Å². The lowest BCUT2D eigenvalue weighted by Crippen LogP contribution is -2.48. The summed E-state index contributed by atoms with van der Waals surface area (Å²) >= 11 is 0. The molecule has 7 nitrogen and oxygen atoms in total. The van der Waals surface area contributed by atoms with Crippen molar-refractivity contribution in [3.8, 4) is 0 Å². The van der Waals surface area contributed by atoms with E-state index in [9.17, 15) is 14.4 Å². The van der Waals surface area contributed by atoms with Crippen molar-refractivity contribution in [2.24, 2.45) is 5.92 Å². The fourth-order valence-electron chi connectivity index (χ4n) is 1.78. The van der Waals surface area contributed by atoms with Gasteiger partial charge in [0.15, 0.2) is 0 Å². The van der Waals surface area contributed by atoms with E-state index in [1.807, 2.05) is 30.3 Å². The average Bonchev–Trinajstić information content (AvgIpc) is 2.55. The van der Waals surface area contributed by atoms with E-state index in [0.717, 1.165) is 5.56 Å². The summed E-state index contributed by atoms with van der Waals surface area (Å²) in [5, 5.41) is 4.84. The number of hydrogen-bond donors (Lipinski definition) is 2. The smallest absolute Gasteiger partial charge is 0.407 e. The van der Waals surface area contributed by atoms with Crippen LogP contribution in [0.15, 0.2) is 30.3 Å². The van der Waals surface area contributed by atoms with E-state index in [1.54, 1.807) is 13.8 Å². The van der Waals surface area contributed by atoms with E-state index >= 15 is 0 Å². The first-order chi connectivity index (χ1) is 10.9. The van der Waals surface area contributed by atoms with Crippen LogP contribution in [0.5, 0.6) is 0 Å². The molecule has 0 unspecified atom stereocenters. The summed E-state index contributed by atoms with van der Waals surface area (Å²) in [7, 11) is 1.25. The van der Waals surface area contributed by atoms with E-state index in [0.29, 0.717) is 0 Å². The summed E-state index contributed by atoms with van der Waals surface area (Å²) in [6.45, 7) is 3.39. The summed E-state index contributed by atoms with van der Waals surface area (Å²) in [5.41, 5.74) is 0.845. The number of esters is 1. The standard InChI is InChI=1S/C16H22N2O5/c1-11(2)14(15(20)22-3)18-13(19)9-17-16(21)23-10-12-7-5-4-6-8-12/h4-8,11,14H,9-10H2,1-3H3,(H,17,21)(H,18,19)/t14-/m1/s1. The molecule has 2 N–H and O–H groups in total. The van der Waals surface area contributed by atoms with Gasteiger partial charge in [-0.3, -0.25) is 4.79 Å². The van der Waals surface area contributed by atoms with Crippen molar-refractivity contribution < 1.29 is 23.9 Å². The Morgan fingerprint density at radius 2 is 1.78 bits per heavy atom. The van der Waals surface area contributed by atoms with Gasteiger partial charge in [-0.2, -0.15) is 0 Å². The molecule has 0 radical (unpaired) electrons. The molecule has 1 rings (SSSR count). The molecule has 126 valence electrons. The average molecular weight is 322 g/mol. The molecule has 2 amide bonds. The van der Waals surface area contributed by atoms with Crippen LogP contribution < -0.4 is 10.6 Å². The third kappa shape index (κ3) is 6.82. The van der Waals surface area contributed by atoms with Gasteiger partial charge in [-0.05, 0) is 11.5 Å². The molecular weight excluding hydrogens is 300 g/mol. The SMILES string of the molecule is COC(=O)[C@H](NC(=O)CNC(=O)OCc1ccccc1)C(C)C. The Morgan fingerprint density at radius 3 is 2.35 bits per heavy atom. The second-order valence-corrected chi connectivity index (χ2v) is 5.23. The predicted octanol–water partition coefficient (Wildman–Crippen LogP) is 1.23. The number of hydrogen-bond acceptors (Lipinski definition) is 5. The van der Waals surface area contributed by atoms with Gasteiger partial charge in [-0.1, -0.05) is 44.2 Å². The van der Waals surface area contributed by atoms with Crippen molar-refractivity contribution in [2.75, 3.05) is 13.7 Å². The number of carbonyl (C=O) groups excluding carboxylic acids is 3. The molecule has 23 heavy (non-hydrogen) atoms. The first kappa shape index (κ1) is 18.5. The molecule has 0 aromatic heterocycles. The Bertz CT molecular complexity index is 531. The van der Waals surface area contributed by atoms with Crippen LogP contribution in [0.1, 0.15) is 19.4 Å². The number of nitrogens with one attached hydrogen (secondary N) is 2. The zero-order chi connectivity index (χ0) is 17.2. The highest BCUT2D eigenvalue weighted by Crippen LogP contribution is 2.03. The molecule has 0 heterocycles. The number of benzene rings is 1. The van der Waals surface area contributed by atoms with Gasteiger partial charge in [-0.25, -0.2) is 9.59 Å². The quantitative estimate of drug-likeness (QED) is 0.736. The molecule has 0 aliphatic rings. The molecule has 0 saturated carbocycles. The van der Waals surface area contributed by atoms with Crippen LogP contribution in [0.4, 0.5) is 4.79 Å². The molecule has 0 bridgehead atoms. The van der Waals surface area contributed by atoms with Crippen molar-refractivity contribution in [1.29, 1.82) is 0 Å². The number of amides is 2. The lowest BCUT2D eigenvalue weighted by Gasteiger charge is -2.19. The van der Waals surface area contributed by atoms with Crippen LogP contribution in [0.25, 0.3) is 0 Å². The molecule has 0 aliphatic carbocycles. The fraction of sp³-hybridized carbons (Fsp3) is 0.438. The van der Waals surface area contributed by atoms with E-state index < -0.39 is 24.0 Å². The van der Waals surface area contributed by atoms with Gasteiger partial charge in [0.2, 0.25) is 5.91 Å². The molecule has 0 fully saturated rings. The van der Waals surface area contributed by atoms with Gasteiger partial charge < -0.3 is 20.1 Å². The highest BCUT2D eigenvalue weighted by atomic mass is 16.5. The first-order valence-electron chi connectivity index (χ1n) is 7.25. The Morgan fingerprint density at radius 1 is 1.13 bits per heavy atom. The van der Waals surface area contributed by atoms with Gasteiger partial charge >= 0.3 is 12.1 Å². The number of rotatable bonds is 7. The molecule has 1 aromatic carbocycles. The summed E-state index contributed by atoms with van der Waals surface area (Å²) in [5.74, 6) is -1.15. The van der Waals surface area contributed by atoms with Crippen LogP contribution in [0.3, 0.4) is 0 Å². The van der Waals surface area contributed by atoms with E-state index in [2.05, 4.69) is 15.4 Å². The maximum absolute atomic E-state index is 11.8. The second kappa shape index (κ2) is 9.45. The molecular formula is C16H22N2O5. The summed E-state index contributed by atoms with van der Waals surface area (Å²) in [4.78, 5) is 34.8. The molecule has 0 saturated heterocycles. The summed E-state index contributed by atoms with van der Waals surface area (Å²) in [6, 6.07) is 8.42. The maximum Gasteiger partial charge on any atom is 0.407 e. The van der Waals surface area contributed by atoms with Crippen molar-refractivity contribution in [2.45, 2.75) is 26.5 Å². The summed E-state index contributed by atoms with van der Waals surface area (Å²) < 4.78 is 9.60. The topological polar surface area (TPSA) is 93.7 Å². The van der Waals surface area contributed by atoms with Gasteiger partial charge in [0.05, 0.1) is 7.11 Å². The Labute approximate surface area is 135 Å². The zero-order valence-electron chi connectivity index (χ0n) is 13.5. The summed E-state index contributed by atoms with van der Waals surface area (Å²) in [6.07, 6.45) is -0.705. The van der Waals surface area contributed by atoms with Crippen LogP contribution in [-0.2, 0) is 25.7 Å². The minimum atomic E-state index is -0.755. The third-order valence-corrected chi connectivity index (χ3v) is 3.04. The van der Waals surface area contributed by atoms with Crippen molar-refractivity contribution in [3.63, 3.8) is 0 Å². The lowest BCUT2D eigenvalue weighted by atomic mass is 10.0. The zero-order valence-corrected chi connectivity index (χ0v) is 13.5. The number of ether oxygens (including phenoxy) is 2. The number of methoxy groups -OCH3 is 1. The Balaban J connectivity index is 2.34. The minimum absolute atomic E-state index is 0.116. The molecule has 1 aromatic rings. The fourth-order valence-corrected chi connectivity index (χ4v) is 1.78. The lowest BCUT2D eigenvalue weighted by molar-refractivity contribution is -0.146. The molecule has 0 aliphatic heterocycles. The maximum atomic E-state index is 11.8. The molecule has 0 spiro atoms. The monoisotopic (exact) mass is 322 g/mol. The third-order valence-electron chi connectivity index (χ3n) is 3.04. The van der Waals surface area contributed by atoms with Crippen LogP contribution >= 0.6 is 0 Å². The van der Waals surface area contributed by atoms with Crippen molar-refractivity contribution >= 4 is 18.0 Å². The van der Waals surface area contributed by atoms with Crippen molar-refractivity contribution in [1.82, 2.24) is 10.6 Å². The number of carbonyl (C=O) groups is 3. The largest absolute Gasteiger partial charge is 0.467 e. The molecule has 1 atom stereocenters. The number of alkyl carbamates (subject to hydrolysis) is 1. The minimum Gasteiger partial charge on any atom is -0.467 e. The highest BCUT2D eigenvalue weighted by molar-refractivity contribution is 5.87. The Kier molecular flexibility index (Phi) is 7.59. The second-order valence-electron chi connectivity index (χ2n) is 5.23. The van der Waals surface area contributed by atoms with Gasteiger partial charge in [0.25, 0.3) is 0 Å². The van der Waals surface area contributed by atoms with E-state index in [-0.39, 0.29) is 19.1 Å². The first-order valence-corrected chi connectivity index (χ1v) is 7.25. The normalized spacial score (nSPS) is 11.5. The van der Waals surface area contributed by atoms with Crippen LogP contribution in [0.2, 0.25) is 0 Å². The van der Waals surface area contributed by atoms with E-state index in [4.69, 9.17) is 4.74 Å². The van der Waals surface area contributed by atoms with Gasteiger partial charge in [-0.15, -0.1) is 0 Å². The highest BCUT2D eigenvalue weighted by Gasteiger charge is 2.24. The Hall–Kier alpha value is -2.57. The predicted molar refractivity (Wildman–Crippen MR) is 83.4 cm³/mol. The van der Waals surface area contributed by atoms with Crippen molar-refractivity contribution in [3.05, 3.63) is 35.9 Å². The van der Waals surface area contributed by atoms with Gasteiger partial charge in [0, 0.05) is 0 Å². The van der Waals surface area contributed by atoms with Gasteiger partial charge in [0.1, 0.15) is 19.2 Å².